The third kappa shape index (κ3) is 4.77. The molecule has 2 N–H and O–H groups in total. The molecule has 1 heterocycles. The molecule has 0 amide bonds. The molecule has 1 aromatic heterocycles. The van der Waals surface area contributed by atoms with Crippen LogP contribution in [-0.2, 0) is 11.2 Å². The Morgan fingerprint density at radius 1 is 1.31 bits per heavy atom. The van der Waals surface area contributed by atoms with E-state index in [-0.39, 0.29) is 0 Å². The van der Waals surface area contributed by atoms with Crippen LogP contribution in [-0.4, -0.2) is 39.7 Å². The van der Waals surface area contributed by atoms with Crippen LogP contribution in [0.15, 0.2) is 63.7 Å². The fourth-order valence-electron chi connectivity index (χ4n) is 3.07. The number of H-pyrrole nitrogens is 1. The van der Waals surface area contributed by atoms with Gasteiger partial charge in [0.15, 0.2) is 17.6 Å². The number of hydrogen-bond donors (Lipinski definition) is 2. The van der Waals surface area contributed by atoms with Crippen molar-refractivity contribution in [2.45, 2.75) is 26.4 Å². The van der Waals surface area contributed by atoms with Crippen molar-refractivity contribution in [2.75, 3.05) is 6.61 Å². The third-order valence-corrected chi connectivity index (χ3v) is 4.57. The highest BCUT2D eigenvalue weighted by atomic mass is 16.5. The summed E-state index contributed by atoms with van der Waals surface area (Å²) >= 11 is 0. The van der Waals surface area contributed by atoms with E-state index in [9.17, 15) is 19.5 Å². The van der Waals surface area contributed by atoms with Crippen LogP contribution in [0.1, 0.15) is 25.0 Å². The van der Waals surface area contributed by atoms with Gasteiger partial charge in [-0.2, -0.15) is 5.10 Å². The number of fused-ring (bicyclic) bond motifs is 1. The number of benzene rings is 2. The second kappa shape index (κ2) is 9.78. The van der Waals surface area contributed by atoms with Crippen LogP contribution < -0.4 is 20.7 Å². The molecule has 1 unspecified atom stereocenters. The summed E-state index contributed by atoms with van der Waals surface area (Å²) in [5.41, 5.74) is 0.360. The Labute approximate surface area is 183 Å². The number of rotatable bonds is 9. The zero-order valence-electron chi connectivity index (χ0n) is 17.7. The minimum atomic E-state index is -1.11. The summed E-state index contributed by atoms with van der Waals surface area (Å²) in [6.07, 6.45) is 2.28. The van der Waals surface area contributed by atoms with Crippen LogP contribution in [0.4, 0.5) is 0 Å². The van der Waals surface area contributed by atoms with Gasteiger partial charge in [0.1, 0.15) is 0 Å². The van der Waals surface area contributed by atoms with Crippen molar-refractivity contribution in [2.24, 2.45) is 5.10 Å². The number of allylic oxidation sites excluding steroid dienone is 1. The number of aliphatic carboxylic acids is 1. The van der Waals surface area contributed by atoms with Crippen molar-refractivity contribution in [1.82, 2.24) is 9.66 Å². The van der Waals surface area contributed by atoms with Crippen molar-refractivity contribution < 1.29 is 19.4 Å². The maximum atomic E-state index is 12.7. The van der Waals surface area contributed by atoms with Crippen LogP contribution in [0.3, 0.4) is 0 Å². The van der Waals surface area contributed by atoms with Crippen LogP contribution in [0.25, 0.3) is 10.9 Å². The summed E-state index contributed by atoms with van der Waals surface area (Å²) in [6.45, 7) is 7.24. The zero-order valence-corrected chi connectivity index (χ0v) is 17.7. The average Bonchev–Trinajstić information content (AvgIpc) is 2.76. The fraction of sp³-hybridized carbons (Fsp3) is 0.217. The van der Waals surface area contributed by atoms with E-state index in [4.69, 9.17) is 9.47 Å². The molecule has 0 aliphatic rings. The quantitative estimate of drug-likeness (QED) is 0.392. The Hall–Kier alpha value is -4.14. The van der Waals surface area contributed by atoms with E-state index in [0.29, 0.717) is 46.6 Å². The molecule has 166 valence electrons. The van der Waals surface area contributed by atoms with Gasteiger partial charge in [0, 0.05) is 5.56 Å². The molecule has 0 bridgehead atoms. The second-order valence-electron chi connectivity index (χ2n) is 6.87. The van der Waals surface area contributed by atoms with Crippen molar-refractivity contribution in [1.29, 1.82) is 0 Å². The lowest BCUT2D eigenvalue weighted by atomic mass is 10.1. The number of para-hydroxylation sites is 1. The van der Waals surface area contributed by atoms with Gasteiger partial charge in [0.2, 0.25) is 0 Å². The van der Waals surface area contributed by atoms with Crippen LogP contribution >= 0.6 is 0 Å². The number of aromatic nitrogens is 2. The molecular weight excluding hydrogens is 414 g/mol. The average molecular weight is 437 g/mol. The van der Waals surface area contributed by atoms with E-state index in [1.807, 2.05) is 0 Å². The van der Waals surface area contributed by atoms with E-state index >= 15 is 0 Å². The highest BCUT2D eigenvalue weighted by Crippen LogP contribution is 2.34. The van der Waals surface area contributed by atoms with Gasteiger partial charge in [-0.15, -0.1) is 11.3 Å². The van der Waals surface area contributed by atoms with E-state index < -0.39 is 23.3 Å². The topological polar surface area (TPSA) is 123 Å². The molecule has 9 nitrogen and oxygen atoms in total. The van der Waals surface area contributed by atoms with Gasteiger partial charge >= 0.3 is 11.7 Å². The molecule has 0 radical (unpaired) electrons. The summed E-state index contributed by atoms with van der Waals surface area (Å²) < 4.78 is 12.0. The first kappa shape index (κ1) is 22.5. The number of aromatic amines is 1. The van der Waals surface area contributed by atoms with Gasteiger partial charge in [0.25, 0.3) is 5.56 Å². The second-order valence-corrected chi connectivity index (χ2v) is 6.87. The molecule has 3 rings (SSSR count). The molecular formula is C23H23N3O6. The first-order chi connectivity index (χ1) is 15.3. The monoisotopic (exact) mass is 437 g/mol. The lowest BCUT2D eigenvalue weighted by Crippen LogP contribution is -2.32. The summed E-state index contributed by atoms with van der Waals surface area (Å²) in [5.74, 6) is -0.502. The van der Waals surface area contributed by atoms with Crippen molar-refractivity contribution >= 4 is 23.1 Å². The van der Waals surface area contributed by atoms with Crippen LogP contribution in [0, 0.1) is 0 Å². The van der Waals surface area contributed by atoms with Crippen molar-refractivity contribution in [3.8, 4) is 11.5 Å². The standard InChI is InChI=1S/C23H23N3O6/c1-4-8-16-11-15(12-19(31-5-2)20(16)32-14(3)22(28)29)13-24-26-21(27)17-9-6-7-10-18(17)25-23(26)30/h4,6-7,9-14H,1,5,8H2,2-3H3,(H,25,30)(H,28,29). The summed E-state index contributed by atoms with van der Waals surface area (Å²) in [7, 11) is 0. The van der Waals surface area contributed by atoms with Crippen molar-refractivity contribution in [3.05, 3.63) is 81.0 Å². The largest absolute Gasteiger partial charge is 0.490 e. The van der Waals surface area contributed by atoms with E-state index in [1.54, 1.807) is 49.4 Å². The molecule has 1 atom stereocenters. The van der Waals surface area contributed by atoms with Gasteiger partial charge < -0.3 is 19.6 Å². The van der Waals surface area contributed by atoms with E-state index in [0.717, 1.165) is 4.68 Å². The summed E-state index contributed by atoms with van der Waals surface area (Å²) in [5, 5.41) is 13.6. The summed E-state index contributed by atoms with van der Waals surface area (Å²) in [4.78, 5) is 38.9. The Morgan fingerprint density at radius 2 is 2.06 bits per heavy atom. The number of carboxylic acid groups (broad SMARTS) is 1. The molecule has 3 aromatic rings. The molecule has 0 saturated heterocycles. The Morgan fingerprint density at radius 3 is 2.75 bits per heavy atom. The van der Waals surface area contributed by atoms with Gasteiger partial charge in [-0.05, 0) is 50.1 Å². The number of hydrogen-bond acceptors (Lipinski definition) is 6. The Bertz CT molecular complexity index is 1310. The highest BCUT2D eigenvalue weighted by molar-refractivity contribution is 5.82. The van der Waals surface area contributed by atoms with E-state index in [2.05, 4.69) is 16.7 Å². The van der Waals surface area contributed by atoms with Gasteiger partial charge in [-0.3, -0.25) is 4.79 Å². The maximum Gasteiger partial charge on any atom is 0.349 e. The Kier molecular flexibility index (Phi) is 6.89. The Balaban J connectivity index is 2.08. The van der Waals surface area contributed by atoms with Gasteiger partial charge in [-0.25, -0.2) is 9.59 Å². The van der Waals surface area contributed by atoms with Gasteiger partial charge in [0.05, 0.1) is 23.7 Å². The predicted molar refractivity (Wildman–Crippen MR) is 121 cm³/mol. The summed E-state index contributed by atoms with van der Waals surface area (Å²) in [6, 6.07) is 9.96. The SMILES string of the molecule is C=CCc1cc(C=Nn2c(=O)[nH]c3ccccc3c2=O)cc(OCC)c1OC(C)C(=O)O. The normalized spacial score (nSPS) is 12.1. The molecule has 0 aliphatic carbocycles. The predicted octanol–water partition coefficient (Wildman–Crippen LogP) is 2.55. The minimum absolute atomic E-state index is 0.291. The molecule has 0 spiro atoms. The molecule has 2 aromatic carbocycles. The third-order valence-electron chi connectivity index (χ3n) is 4.57. The molecule has 9 heteroatoms. The van der Waals surface area contributed by atoms with Gasteiger partial charge in [-0.1, -0.05) is 18.2 Å². The van der Waals surface area contributed by atoms with Crippen molar-refractivity contribution in [3.63, 3.8) is 0 Å². The number of carbonyl (C=O) groups is 1. The number of carboxylic acids is 1. The molecule has 0 saturated carbocycles. The first-order valence-corrected chi connectivity index (χ1v) is 9.94. The lowest BCUT2D eigenvalue weighted by molar-refractivity contribution is -0.144. The molecule has 0 aliphatic heterocycles. The molecule has 0 fully saturated rings. The van der Waals surface area contributed by atoms with Crippen LogP contribution in [0.5, 0.6) is 11.5 Å². The smallest absolute Gasteiger partial charge is 0.349 e. The maximum absolute atomic E-state index is 12.7. The van der Waals surface area contributed by atoms with Crippen LogP contribution in [0.2, 0.25) is 0 Å². The lowest BCUT2D eigenvalue weighted by Gasteiger charge is -2.18. The number of ether oxygens (including phenoxy) is 2. The van der Waals surface area contributed by atoms with E-state index in [1.165, 1.54) is 13.1 Å². The highest BCUT2D eigenvalue weighted by Gasteiger charge is 2.19. The molecule has 32 heavy (non-hydrogen) atoms. The minimum Gasteiger partial charge on any atom is -0.490 e. The first-order valence-electron chi connectivity index (χ1n) is 9.94. The number of nitrogens with zero attached hydrogens (tertiary/aromatic N) is 2. The fourth-order valence-corrected chi connectivity index (χ4v) is 3.07. The zero-order chi connectivity index (χ0) is 23.3. The number of nitrogens with one attached hydrogen (secondary N) is 1.